The van der Waals surface area contributed by atoms with Crippen LogP contribution in [0.4, 0.5) is 26.3 Å². The zero-order chi connectivity index (χ0) is 59.0. The fourth-order valence-corrected chi connectivity index (χ4v) is 30.6. The summed E-state index contributed by atoms with van der Waals surface area (Å²) < 4.78 is 140. The molecule has 0 N–H and O–H groups in total. The molecule has 0 unspecified atom stereocenters. The van der Waals surface area contributed by atoms with Crippen LogP contribution in [0.2, 0.25) is 36.3 Å². The molecule has 6 heterocycles. The largest absolute Gasteiger partial charge is 0.385 e. The van der Waals surface area contributed by atoms with Gasteiger partial charge in [-0.15, -0.1) is 68.0 Å². The van der Waals surface area contributed by atoms with E-state index in [1.807, 2.05) is 57.2 Å². The molecule has 0 amide bonds. The van der Waals surface area contributed by atoms with Crippen LogP contribution in [-0.4, -0.2) is 116 Å². The molecule has 0 spiro atoms. The molecule has 0 atom stereocenters. The van der Waals surface area contributed by atoms with Gasteiger partial charge in [-0.3, -0.25) is 0 Å². The van der Waals surface area contributed by atoms with Gasteiger partial charge in [-0.1, -0.05) is 89.9 Å². The van der Waals surface area contributed by atoms with E-state index in [2.05, 4.69) is 32.9 Å². The fraction of sp³-hybridized carbons (Fsp3) is 0.574. The smallest absolute Gasteiger partial charge is 0.380 e. The first-order valence-electron chi connectivity index (χ1n) is 27.9. The maximum Gasteiger partial charge on any atom is 0.380 e. The molecule has 6 nitrogen and oxygen atoms in total. The minimum Gasteiger partial charge on any atom is -0.385 e. The molecule has 0 aromatic carbocycles. The molecular formula is C61H82F6O6S6Si2. The van der Waals surface area contributed by atoms with Crippen molar-refractivity contribution in [2.24, 2.45) is 0 Å². The molecule has 1 aliphatic rings. The summed E-state index contributed by atoms with van der Waals surface area (Å²) >= 11 is 8.35. The van der Waals surface area contributed by atoms with Crippen LogP contribution in [0.5, 0.6) is 0 Å². The van der Waals surface area contributed by atoms with E-state index in [0.29, 0.717) is 59.1 Å². The third kappa shape index (κ3) is 14.4. The first-order chi connectivity index (χ1) is 38.4. The summed E-state index contributed by atoms with van der Waals surface area (Å²) in [6.45, 7) is 15.8. The van der Waals surface area contributed by atoms with Gasteiger partial charge in [-0.05, 0) is 107 Å². The number of rotatable bonds is 32. The highest BCUT2D eigenvalue weighted by Gasteiger charge is 2.80. The van der Waals surface area contributed by atoms with E-state index >= 15 is 26.3 Å². The molecule has 0 radical (unpaired) electrons. The van der Waals surface area contributed by atoms with Crippen LogP contribution in [0.15, 0.2) is 60.7 Å². The van der Waals surface area contributed by atoms with Gasteiger partial charge in [0.05, 0.1) is 25.9 Å². The van der Waals surface area contributed by atoms with Crippen LogP contribution >= 0.6 is 68.0 Å². The van der Waals surface area contributed by atoms with Gasteiger partial charge < -0.3 is 28.4 Å². The minimum absolute atomic E-state index is 0.237. The van der Waals surface area contributed by atoms with Crippen LogP contribution < -0.4 is 9.00 Å². The summed E-state index contributed by atoms with van der Waals surface area (Å²) in [4.78, 5) is 6.23. The van der Waals surface area contributed by atoms with Crippen molar-refractivity contribution < 1.29 is 54.8 Å². The van der Waals surface area contributed by atoms with Crippen molar-refractivity contribution in [2.75, 3.05) is 82.3 Å². The normalized spacial score (nSPS) is 15.7. The lowest BCUT2D eigenvalue weighted by atomic mass is 9.93. The molecule has 20 heteroatoms. The third-order valence-corrected chi connectivity index (χ3v) is 36.9. The SMILES string of the molecule is COCCC[Si](CCCOC)(CCCOC)c1ccc(-c2cc(C3=C(c4cc(-c5ccc(C(C)(C)C)s5)sc4-c4ccc(C(C)(C)C)s4)C(F)(F)C(F)(F)C3(F)F)c(-c3ccc([Si](CCCOC)(CCCOC)CCCOC)s3)s2)s1. The molecule has 0 saturated heterocycles. The van der Waals surface area contributed by atoms with Gasteiger partial charge in [0.1, 0.15) is 0 Å². The zero-order valence-electron chi connectivity index (χ0n) is 49.2. The Morgan fingerprint density at radius 2 is 0.654 bits per heavy atom. The summed E-state index contributed by atoms with van der Waals surface area (Å²) in [7, 11) is 5.41. The van der Waals surface area contributed by atoms with E-state index in [1.165, 1.54) is 73.3 Å². The lowest BCUT2D eigenvalue weighted by molar-refractivity contribution is -0.254. The number of thiophene rings is 6. The van der Waals surface area contributed by atoms with Gasteiger partial charge in [0.15, 0.2) is 0 Å². The van der Waals surface area contributed by atoms with Gasteiger partial charge in [0.25, 0.3) is 0 Å². The summed E-state index contributed by atoms with van der Waals surface area (Å²) in [5, 5.41) is 0. The number of halogens is 6. The average molecular weight is 1270 g/mol. The summed E-state index contributed by atoms with van der Waals surface area (Å²) in [5.74, 6) is -16.4. The lowest BCUT2D eigenvalue weighted by Gasteiger charge is -2.31. The summed E-state index contributed by atoms with van der Waals surface area (Å²) in [6.07, 6.45) is 4.97. The standard InChI is InChI=1S/C61H82F6O6S6Si2/c1-57(2,3)49-23-19-43(74-49)47-39-41(55(78-47)45-20-24-50(75-45)58(4,5)6)53-54(60(64,65)61(66,67)59(53,62)63)42-40-48(44-21-25-51(76-44)80(33-13-27-68-7,34-14-28-69-8)35-15-29-70-9)79-56(42)46-22-26-52(77-46)81(36-16-30-71-10,37-17-31-72-11)38-18-32-73-12/h19-26,39-40H,13-18,27-38H2,1-12H3. The van der Waals surface area contributed by atoms with E-state index in [0.717, 1.165) is 98.8 Å². The molecule has 448 valence electrons. The van der Waals surface area contributed by atoms with Crippen molar-refractivity contribution >= 4 is 104 Å². The van der Waals surface area contributed by atoms with Gasteiger partial charge in [-0.25, -0.2) is 0 Å². The van der Waals surface area contributed by atoms with Crippen molar-refractivity contribution in [3.63, 3.8) is 0 Å². The third-order valence-electron chi connectivity index (χ3n) is 15.6. The van der Waals surface area contributed by atoms with E-state index in [-0.39, 0.29) is 31.7 Å². The number of methoxy groups -OCH3 is 6. The van der Waals surface area contributed by atoms with E-state index in [4.69, 9.17) is 28.4 Å². The second-order valence-corrected chi connectivity index (χ2v) is 39.8. The summed E-state index contributed by atoms with van der Waals surface area (Å²) in [5.41, 5.74) is -3.82. The molecule has 6 aromatic heterocycles. The molecule has 0 saturated carbocycles. The first kappa shape index (κ1) is 66.2. The number of allylic oxidation sites excluding steroid dienone is 2. The van der Waals surface area contributed by atoms with Crippen LogP contribution in [0.25, 0.3) is 50.2 Å². The van der Waals surface area contributed by atoms with Gasteiger partial charge in [-0.2, -0.15) is 26.3 Å². The number of hydrogen-bond acceptors (Lipinski definition) is 12. The Labute approximate surface area is 503 Å². The molecule has 81 heavy (non-hydrogen) atoms. The average Bonchev–Trinajstić information content (AvgIpc) is 1.74. The monoisotopic (exact) mass is 1270 g/mol. The molecule has 0 aliphatic heterocycles. The molecule has 0 fully saturated rings. The Kier molecular flexibility index (Phi) is 22.9. The Hall–Kier alpha value is -2.29. The van der Waals surface area contributed by atoms with Crippen LogP contribution in [0.3, 0.4) is 0 Å². The maximum absolute atomic E-state index is 17.8. The highest BCUT2D eigenvalue weighted by atomic mass is 32.1. The van der Waals surface area contributed by atoms with Gasteiger partial charge in [0.2, 0.25) is 0 Å². The van der Waals surface area contributed by atoms with Crippen LogP contribution in [-0.2, 0) is 39.3 Å². The van der Waals surface area contributed by atoms with Crippen LogP contribution in [0.1, 0.15) is 101 Å². The molecule has 7 rings (SSSR count). The fourth-order valence-electron chi connectivity index (χ4n) is 11.3. The molecule has 6 aromatic rings. The number of hydrogen-bond donors (Lipinski definition) is 0. The highest BCUT2D eigenvalue weighted by Crippen LogP contribution is 2.68. The van der Waals surface area contributed by atoms with Gasteiger partial charge >= 0.3 is 17.8 Å². The van der Waals surface area contributed by atoms with Crippen molar-refractivity contribution in [1.29, 1.82) is 0 Å². The van der Waals surface area contributed by atoms with E-state index in [9.17, 15) is 0 Å². The van der Waals surface area contributed by atoms with E-state index < -0.39 is 45.1 Å². The van der Waals surface area contributed by atoms with Crippen molar-refractivity contribution in [3.8, 4) is 39.0 Å². The Morgan fingerprint density at radius 1 is 0.370 bits per heavy atom. The lowest BCUT2D eigenvalue weighted by Crippen LogP contribution is -2.48. The second kappa shape index (κ2) is 28.0. The topological polar surface area (TPSA) is 55.4 Å². The maximum atomic E-state index is 17.8. The van der Waals surface area contributed by atoms with Crippen molar-refractivity contribution in [1.82, 2.24) is 0 Å². The minimum atomic E-state index is -5.78. The predicted octanol–water partition coefficient (Wildman–Crippen LogP) is 18.7. The predicted molar refractivity (Wildman–Crippen MR) is 340 cm³/mol. The van der Waals surface area contributed by atoms with E-state index in [1.54, 1.807) is 54.0 Å². The number of ether oxygens (including phenoxy) is 6. The van der Waals surface area contributed by atoms with Gasteiger partial charge in [0, 0.05) is 144 Å². The second-order valence-electron chi connectivity index (χ2n) is 23.5. The van der Waals surface area contributed by atoms with Crippen molar-refractivity contribution in [3.05, 3.63) is 81.5 Å². The summed E-state index contributed by atoms with van der Waals surface area (Å²) in [6, 6.07) is 24.2. The molecule has 1 aliphatic carbocycles. The zero-order valence-corrected chi connectivity index (χ0v) is 56.1. The Bertz CT molecular complexity index is 2940. The molecular weight excluding hydrogens is 1190 g/mol. The first-order valence-corrected chi connectivity index (χ1v) is 38.1. The Balaban J connectivity index is 1.55. The number of alkyl halides is 6. The van der Waals surface area contributed by atoms with Crippen LogP contribution in [0, 0.1) is 0 Å². The quantitative estimate of drug-likeness (QED) is 0.0238. The molecule has 0 bridgehead atoms. The highest BCUT2D eigenvalue weighted by molar-refractivity contribution is 7.34. The Morgan fingerprint density at radius 3 is 0.988 bits per heavy atom. The van der Waals surface area contributed by atoms with Crippen molar-refractivity contribution in [2.45, 2.75) is 145 Å².